The Balaban J connectivity index is 2.74. The van der Waals surface area contributed by atoms with Gasteiger partial charge in [-0.15, -0.1) is 17.3 Å². The molecule has 0 spiro atoms. The van der Waals surface area contributed by atoms with Crippen LogP contribution in [0.15, 0.2) is 5.38 Å². The van der Waals surface area contributed by atoms with Crippen molar-refractivity contribution in [1.82, 2.24) is 4.98 Å². The van der Waals surface area contributed by atoms with Gasteiger partial charge in [0.15, 0.2) is 5.78 Å². The monoisotopic (exact) mass is 208 g/mol. The Bertz CT molecular complexity index is 384. The van der Waals surface area contributed by atoms with Crippen molar-refractivity contribution >= 4 is 17.1 Å². The molecule has 0 amide bonds. The Kier molecular flexibility index (Phi) is 3.81. The molecule has 1 heterocycles. The van der Waals surface area contributed by atoms with Crippen LogP contribution in [0.2, 0.25) is 0 Å². The molecule has 0 aliphatic heterocycles. The molecule has 1 aromatic rings. The molecule has 1 rings (SSSR count). The SMILES string of the molecule is CC#CCC(=O)c1csc(C(C)N)n1. The number of Topliss-reactive ketones (excluding diaryl/α,β-unsaturated/α-hetero) is 1. The summed E-state index contributed by atoms with van der Waals surface area (Å²) < 4.78 is 0. The van der Waals surface area contributed by atoms with E-state index in [2.05, 4.69) is 16.8 Å². The topological polar surface area (TPSA) is 56.0 Å². The summed E-state index contributed by atoms with van der Waals surface area (Å²) >= 11 is 1.41. The second-order valence-corrected chi connectivity index (χ2v) is 3.78. The van der Waals surface area contributed by atoms with Gasteiger partial charge < -0.3 is 5.73 Å². The van der Waals surface area contributed by atoms with E-state index >= 15 is 0 Å². The van der Waals surface area contributed by atoms with Gasteiger partial charge in [0.05, 0.1) is 12.5 Å². The number of rotatable bonds is 3. The molecule has 14 heavy (non-hydrogen) atoms. The highest BCUT2D eigenvalue weighted by Crippen LogP contribution is 2.16. The highest BCUT2D eigenvalue weighted by Gasteiger charge is 2.11. The first-order valence-electron chi connectivity index (χ1n) is 4.29. The third-order valence-electron chi connectivity index (χ3n) is 1.62. The van der Waals surface area contributed by atoms with Gasteiger partial charge in [-0.1, -0.05) is 5.92 Å². The van der Waals surface area contributed by atoms with Crippen molar-refractivity contribution in [1.29, 1.82) is 0 Å². The maximum atomic E-state index is 11.4. The summed E-state index contributed by atoms with van der Waals surface area (Å²) in [6.07, 6.45) is 0.235. The van der Waals surface area contributed by atoms with Gasteiger partial charge in [0.25, 0.3) is 0 Å². The van der Waals surface area contributed by atoms with E-state index in [9.17, 15) is 4.79 Å². The second-order valence-electron chi connectivity index (χ2n) is 2.89. The molecule has 3 nitrogen and oxygen atoms in total. The molecule has 74 valence electrons. The molecule has 1 aromatic heterocycles. The molecule has 1 atom stereocenters. The number of ketones is 1. The highest BCUT2D eigenvalue weighted by atomic mass is 32.1. The number of aromatic nitrogens is 1. The number of nitrogens with zero attached hydrogens (tertiary/aromatic N) is 1. The van der Waals surface area contributed by atoms with Crippen LogP contribution in [0.4, 0.5) is 0 Å². The minimum atomic E-state index is -0.112. The Hall–Kier alpha value is -1.18. The summed E-state index contributed by atoms with van der Waals surface area (Å²) in [5.41, 5.74) is 6.11. The second kappa shape index (κ2) is 4.89. The molecule has 1 unspecified atom stereocenters. The Morgan fingerprint density at radius 1 is 1.79 bits per heavy atom. The molecule has 0 fully saturated rings. The summed E-state index contributed by atoms with van der Waals surface area (Å²) in [6, 6.07) is -0.112. The average Bonchev–Trinajstić information content (AvgIpc) is 2.62. The summed E-state index contributed by atoms with van der Waals surface area (Å²) in [5.74, 6) is 5.36. The van der Waals surface area contributed by atoms with Gasteiger partial charge in [0.1, 0.15) is 10.7 Å². The van der Waals surface area contributed by atoms with Crippen LogP contribution >= 0.6 is 11.3 Å². The van der Waals surface area contributed by atoms with Crippen LogP contribution in [0, 0.1) is 11.8 Å². The van der Waals surface area contributed by atoms with E-state index in [-0.39, 0.29) is 18.2 Å². The lowest BCUT2D eigenvalue weighted by atomic mass is 10.2. The van der Waals surface area contributed by atoms with Crippen molar-refractivity contribution in [3.8, 4) is 11.8 Å². The fourth-order valence-corrected chi connectivity index (χ4v) is 1.67. The highest BCUT2D eigenvalue weighted by molar-refractivity contribution is 7.09. The molecule has 0 bridgehead atoms. The summed E-state index contributed by atoms with van der Waals surface area (Å²) in [4.78, 5) is 15.6. The van der Waals surface area contributed by atoms with Crippen molar-refractivity contribution in [2.75, 3.05) is 0 Å². The first kappa shape index (κ1) is 10.9. The molecular formula is C10H12N2OS. The van der Waals surface area contributed by atoms with Crippen LogP contribution in [0.3, 0.4) is 0 Å². The Morgan fingerprint density at radius 2 is 2.50 bits per heavy atom. The fourth-order valence-electron chi connectivity index (χ4n) is 0.884. The van der Waals surface area contributed by atoms with Crippen LogP contribution < -0.4 is 5.73 Å². The van der Waals surface area contributed by atoms with Crippen LogP contribution in [-0.2, 0) is 0 Å². The van der Waals surface area contributed by atoms with Gasteiger partial charge in [-0.3, -0.25) is 4.79 Å². The van der Waals surface area contributed by atoms with E-state index < -0.39 is 0 Å². The van der Waals surface area contributed by atoms with E-state index in [1.807, 2.05) is 6.92 Å². The largest absolute Gasteiger partial charge is 0.322 e. The van der Waals surface area contributed by atoms with Crippen LogP contribution in [0.25, 0.3) is 0 Å². The zero-order valence-corrected chi connectivity index (χ0v) is 9.02. The molecule has 0 aliphatic rings. The maximum absolute atomic E-state index is 11.4. The zero-order chi connectivity index (χ0) is 10.6. The van der Waals surface area contributed by atoms with Crippen molar-refractivity contribution < 1.29 is 4.79 Å². The Labute approximate surface area is 87.3 Å². The summed E-state index contributed by atoms with van der Waals surface area (Å²) in [6.45, 7) is 3.56. The summed E-state index contributed by atoms with van der Waals surface area (Å²) in [5, 5.41) is 2.52. The number of carbonyl (C=O) groups is 1. The van der Waals surface area contributed by atoms with Gasteiger partial charge in [-0.2, -0.15) is 0 Å². The third-order valence-corrected chi connectivity index (χ3v) is 2.67. The third kappa shape index (κ3) is 2.66. The lowest BCUT2D eigenvalue weighted by Gasteiger charge is -1.96. The minimum absolute atomic E-state index is 0.0394. The fraction of sp³-hybridized carbons (Fsp3) is 0.400. The van der Waals surface area contributed by atoms with E-state index in [0.717, 1.165) is 5.01 Å². The standard InChI is InChI=1S/C10H12N2OS/c1-3-4-5-9(13)8-6-14-10(12-8)7(2)11/h6-7H,5,11H2,1-2H3. The quantitative estimate of drug-likeness (QED) is 0.608. The first-order valence-corrected chi connectivity index (χ1v) is 5.17. The molecule has 0 aliphatic carbocycles. The van der Waals surface area contributed by atoms with Crippen molar-refractivity contribution in [2.24, 2.45) is 5.73 Å². The lowest BCUT2D eigenvalue weighted by Crippen LogP contribution is -2.05. The van der Waals surface area contributed by atoms with Crippen LogP contribution in [0.1, 0.15) is 41.8 Å². The van der Waals surface area contributed by atoms with Gasteiger partial charge in [-0.05, 0) is 13.8 Å². The lowest BCUT2D eigenvalue weighted by molar-refractivity contribution is 0.0994. The number of hydrogen-bond acceptors (Lipinski definition) is 4. The zero-order valence-electron chi connectivity index (χ0n) is 8.20. The number of hydrogen-bond donors (Lipinski definition) is 1. The molecule has 0 aromatic carbocycles. The number of carbonyl (C=O) groups excluding carboxylic acids is 1. The van der Waals surface area contributed by atoms with E-state index in [4.69, 9.17) is 5.73 Å². The predicted octanol–water partition coefficient (Wildman–Crippen LogP) is 1.76. The van der Waals surface area contributed by atoms with Crippen LogP contribution in [-0.4, -0.2) is 10.8 Å². The molecule has 0 saturated carbocycles. The van der Waals surface area contributed by atoms with E-state index in [1.54, 1.807) is 12.3 Å². The number of nitrogens with two attached hydrogens (primary N) is 1. The molecule has 0 saturated heterocycles. The van der Waals surface area contributed by atoms with Gasteiger partial charge in [0.2, 0.25) is 0 Å². The van der Waals surface area contributed by atoms with Crippen molar-refractivity contribution in [2.45, 2.75) is 26.3 Å². The van der Waals surface area contributed by atoms with Crippen LogP contribution in [0.5, 0.6) is 0 Å². The Morgan fingerprint density at radius 3 is 3.00 bits per heavy atom. The van der Waals surface area contributed by atoms with E-state index in [1.165, 1.54) is 11.3 Å². The summed E-state index contributed by atoms with van der Waals surface area (Å²) in [7, 11) is 0. The minimum Gasteiger partial charge on any atom is -0.322 e. The van der Waals surface area contributed by atoms with Gasteiger partial charge in [-0.25, -0.2) is 4.98 Å². The average molecular weight is 208 g/mol. The van der Waals surface area contributed by atoms with Crippen molar-refractivity contribution in [3.63, 3.8) is 0 Å². The molecule has 0 radical (unpaired) electrons. The molecule has 2 N–H and O–H groups in total. The van der Waals surface area contributed by atoms with Crippen molar-refractivity contribution in [3.05, 3.63) is 16.1 Å². The number of thiazole rings is 1. The smallest absolute Gasteiger partial charge is 0.193 e. The molecular weight excluding hydrogens is 196 g/mol. The molecule has 4 heteroatoms. The first-order chi connectivity index (χ1) is 6.65. The van der Waals surface area contributed by atoms with E-state index in [0.29, 0.717) is 5.69 Å². The van der Waals surface area contributed by atoms with Gasteiger partial charge >= 0.3 is 0 Å². The normalized spacial score (nSPS) is 11.6. The maximum Gasteiger partial charge on any atom is 0.193 e. The predicted molar refractivity (Wildman–Crippen MR) is 57.1 cm³/mol. The van der Waals surface area contributed by atoms with Gasteiger partial charge in [0, 0.05) is 5.38 Å².